The minimum absolute atomic E-state index is 0.599. The second kappa shape index (κ2) is 16.2. The van der Waals surface area contributed by atoms with Crippen LogP contribution in [0.25, 0.3) is 128 Å². The second-order valence-corrected chi connectivity index (χ2v) is 18.1. The average Bonchev–Trinajstić information content (AvgIpc) is 4.08. The summed E-state index contributed by atoms with van der Waals surface area (Å²) in [6.45, 7) is 0. The third-order valence-corrected chi connectivity index (χ3v) is 14.1. The van der Waals surface area contributed by atoms with E-state index in [-0.39, 0.29) is 0 Å². The summed E-state index contributed by atoms with van der Waals surface area (Å²) in [7, 11) is 0. The van der Waals surface area contributed by atoms with E-state index in [4.69, 9.17) is 9.97 Å². The van der Waals surface area contributed by atoms with Gasteiger partial charge in [0.2, 0.25) is 0 Å². The highest BCUT2D eigenvalue weighted by atomic mass is 15.0. The first-order valence-corrected chi connectivity index (χ1v) is 23.9. The van der Waals surface area contributed by atoms with Crippen molar-refractivity contribution in [3.05, 3.63) is 248 Å². The van der Waals surface area contributed by atoms with Crippen molar-refractivity contribution in [1.82, 2.24) is 23.7 Å². The van der Waals surface area contributed by atoms with Gasteiger partial charge in [-0.05, 0) is 114 Å². The molecule has 0 N–H and O–H groups in total. The summed E-state index contributed by atoms with van der Waals surface area (Å²) in [6, 6.07) is 88.2. The number of nitriles is 1. The molecule has 330 valence electrons. The van der Waals surface area contributed by atoms with E-state index in [9.17, 15) is 5.26 Å². The molecule has 71 heavy (non-hydrogen) atoms. The van der Waals surface area contributed by atoms with E-state index in [0.717, 1.165) is 67.3 Å². The van der Waals surface area contributed by atoms with Gasteiger partial charge in [0.25, 0.3) is 0 Å². The molecule has 0 fully saturated rings. The van der Waals surface area contributed by atoms with Gasteiger partial charge in [0.1, 0.15) is 0 Å². The molecule has 0 amide bonds. The minimum Gasteiger partial charge on any atom is -0.309 e. The minimum atomic E-state index is 0.599. The molecule has 0 spiro atoms. The maximum atomic E-state index is 9.41. The van der Waals surface area contributed by atoms with Crippen LogP contribution in [0.1, 0.15) is 5.56 Å². The van der Waals surface area contributed by atoms with Crippen LogP contribution < -0.4 is 0 Å². The molecule has 0 unspecified atom stereocenters. The summed E-state index contributed by atoms with van der Waals surface area (Å²) in [5.74, 6) is 0.612. The first-order valence-electron chi connectivity index (χ1n) is 23.9. The van der Waals surface area contributed by atoms with Crippen molar-refractivity contribution in [3.8, 4) is 68.2 Å². The smallest absolute Gasteiger partial charge is 0.160 e. The Morgan fingerprint density at radius 3 is 1.10 bits per heavy atom. The Labute approximate surface area is 408 Å². The Balaban J connectivity index is 0.882. The third-order valence-electron chi connectivity index (χ3n) is 14.1. The number of benzene rings is 10. The Kier molecular flexibility index (Phi) is 9.16. The van der Waals surface area contributed by atoms with Crippen LogP contribution in [0, 0.1) is 11.3 Å². The maximum Gasteiger partial charge on any atom is 0.160 e. The van der Waals surface area contributed by atoms with Crippen molar-refractivity contribution in [2.24, 2.45) is 0 Å². The molecule has 0 atom stereocenters. The summed E-state index contributed by atoms with van der Waals surface area (Å²) in [5, 5.41) is 16.8. The van der Waals surface area contributed by atoms with Crippen molar-refractivity contribution in [3.63, 3.8) is 0 Å². The fraction of sp³-hybridized carbons (Fsp3) is 0. The van der Waals surface area contributed by atoms with Gasteiger partial charge in [0, 0.05) is 66.1 Å². The average molecular weight is 905 g/mol. The molecule has 0 saturated heterocycles. The quantitative estimate of drug-likeness (QED) is 0.160. The van der Waals surface area contributed by atoms with Crippen LogP contribution in [0.5, 0.6) is 0 Å². The number of rotatable bonds is 7. The molecule has 0 bridgehead atoms. The molecule has 14 rings (SSSR count). The van der Waals surface area contributed by atoms with E-state index >= 15 is 0 Å². The monoisotopic (exact) mass is 904 g/mol. The predicted octanol–water partition coefficient (Wildman–Crippen LogP) is 16.3. The summed E-state index contributed by atoms with van der Waals surface area (Å²) in [6.07, 6.45) is 0. The molecular formula is C65H40N6. The fourth-order valence-electron chi connectivity index (χ4n) is 10.8. The van der Waals surface area contributed by atoms with E-state index in [2.05, 4.69) is 220 Å². The third kappa shape index (κ3) is 6.56. The Morgan fingerprint density at radius 2 is 0.634 bits per heavy atom. The van der Waals surface area contributed by atoms with E-state index in [1.165, 1.54) is 54.4 Å². The van der Waals surface area contributed by atoms with Gasteiger partial charge < -0.3 is 13.7 Å². The molecule has 6 heteroatoms. The predicted molar refractivity (Wildman–Crippen MR) is 292 cm³/mol. The van der Waals surface area contributed by atoms with Crippen molar-refractivity contribution < 1.29 is 0 Å². The Bertz CT molecular complexity index is 4160. The number of hydrogen-bond donors (Lipinski definition) is 0. The van der Waals surface area contributed by atoms with Gasteiger partial charge in [-0.2, -0.15) is 5.26 Å². The molecule has 0 aliphatic carbocycles. The van der Waals surface area contributed by atoms with Gasteiger partial charge in [0.05, 0.1) is 56.1 Å². The number of para-hydroxylation sites is 4. The zero-order chi connectivity index (χ0) is 47.0. The van der Waals surface area contributed by atoms with Gasteiger partial charge in [-0.3, -0.25) is 0 Å². The van der Waals surface area contributed by atoms with Gasteiger partial charge in [0.15, 0.2) is 5.82 Å². The van der Waals surface area contributed by atoms with Crippen LogP contribution in [0.4, 0.5) is 0 Å². The molecule has 0 radical (unpaired) electrons. The molecule has 10 aromatic carbocycles. The van der Waals surface area contributed by atoms with E-state index < -0.39 is 0 Å². The lowest BCUT2D eigenvalue weighted by Crippen LogP contribution is -1.96. The largest absolute Gasteiger partial charge is 0.309 e. The highest BCUT2D eigenvalue weighted by molar-refractivity contribution is 6.14. The van der Waals surface area contributed by atoms with Crippen LogP contribution in [-0.4, -0.2) is 23.7 Å². The molecule has 0 saturated carbocycles. The highest BCUT2D eigenvalue weighted by Crippen LogP contribution is 2.40. The molecule has 4 heterocycles. The Hall–Kier alpha value is -9.83. The first kappa shape index (κ1) is 40.3. The number of nitrogens with zero attached hydrogens (tertiary/aromatic N) is 6. The van der Waals surface area contributed by atoms with E-state index in [1.54, 1.807) is 0 Å². The lowest BCUT2D eigenvalue weighted by molar-refractivity contribution is 1.16. The van der Waals surface area contributed by atoms with Gasteiger partial charge in [-0.25, -0.2) is 9.97 Å². The Morgan fingerprint density at radius 1 is 0.282 bits per heavy atom. The molecule has 6 nitrogen and oxygen atoms in total. The van der Waals surface area contributed by atoms with Crippen molar-refractivity contribution in [2.45, 2.75) is 0 Å². The van der Waals surface area contributed by atoms with Crippen LogP contribution in [0.2, 0.25) is 0 Å². The second-order valence-electron chi connectivity index (χ2n) is 18.1. The zero-order valence-electron chi connectivity index (χ0n) is 38.3. The fourth-order valence-corrected chi connectivity index (χ4v) is 10.8. The van der Waals surface area contributed by atoms with E-state index in [1.807, 2.05) is 42.5 Å². The van der Waals surface area contributed by atoms with Crippen molar-refractivity contribution >= 4 is 65.4 Å². The van der Waals surface area contributed by atoms with Gasteiger partial charge >= 0.3 is 0 Å². The first-order chi connectivity index (χ1) is 35.1. The number of aromatic nitrogens is 5. The van der Waals surface area contributed by atoms with Crippen LogP contribution in [0.15, 0.2) is 243 Å². The van der Waals surface area contributed by atoms with Crippen LogP contribution in [0.3, 0.4) is 0 Å². The summed E-state index contributed by atoms with van der Waals surface area (Å²) >= 11 is 0. The van der Waals surface area contributed by atoms with E-state index in [0.29, 0.717) is 11.4 Å². The maximum absolute atomic E-state index is 9.41. The lowest BCUT2D eigenvalue weighted by atomic mass is 10.0. The van der Waals surface area contributed by atoms with Gasteiger partial charge in [-0.15, -0.1) is 0 Å². The molecule has 14 aromatic rings. The highest BCUT2D eigenvalue weighted by Gasteiger charge is 2.19. The summed E-state index contributed by atoms with van der Waals surface area (Å²) in [5.41, 5.74) is 17.7. The summed E-state index contributed by atoms with van der Waals surface area (Å²) in [4.78, 5) is 10.0. The lowest BCUT2D eigenvalue weighted by Gasteiger charge is -2.12. The van der Waals surface area contributed by atoms with Gasteiger partial charge in [-0.1, -0.05) is 140 Å². The summed E-state index contributed by atoms with van der Waals surface area (Å²) < 4.78 is 7.23. The zero-order valence-corrected chi connectivity index (χ0v) is 38.3. The van der Waals surface area contributed by atoms with Crippen LogP contribution in [-0.2, 0) is 0 Å². The topological polar surface area (TPSA) is 64.4 Å². The standard InChI is InChI=1S/C65H40N6/c66-41-42-22-24-47(25-23-42)65-67-57(45-12-2-1-3-13-45)40-58(68-65)46-28-26-43(27-29-46)44-30-32-48(33-31-44)69-63-36-34-49(70-59-18-8-4-14-51(59)52-15-5-9-19-60(52)70)38-55(63)56-39-50(35-37-64(56)69)71-61-20-10-6-16-53(61)54-17-7-11-21-62(54)71/h1-40H. The van der Waals surface area contributed by atoms with Crippen LogP contribution >= 0.6 is 0 Å². The molecule has 0 aliphatic heterocycles. The van der Waals surface area contributed by atoms with Crippen molar-refractivity contribution in [1.29, 1.82) is 5.26 Å². The molecule has 4 aromatic heterocycles. The molecular weight excluding hydrogens is 865 g/mol. The SMILES string of the molecule is N#Cc1ccc(-c2nc(-c3ccccc3)cc(-c3ccc(-c4ccc(-n5c6ccc(-n7c8ccccc8c8ccccc87)cc6c6cc(-n7c8ccccc8c8ccccc87)ccc65)cc4)cc3)n2)cc1. The molecule has 0 aliphatic rings. The number of hydrogen-bond acceptors (Lipinski definition) is 3. The normalized spacial score (nSPS) is 11.6. The number of fused-ring (bicyclic) bond motifs is 9. The van der Waals surface area contributed by atoms with Crippen molar-refractivity contribution in [2.75, 3.05) is 0 Å².